The van der Waals surface area contributed by atoms with Crippen molar-refractivity contribution in [1.82, 2.24) is 34.1 Å². The van der Waals surface area contributed by atoms with Crippen molar-refractivity contribution in [3.8, 4) is 16.8 Å². The molecule has 1 unspecified atom stereocenters. The number of benzene rings is 4. The Labute approximate surface area is 356 Å². The standard InChI is InChI=1S/C47H48F3N9O3/c1-4-42(32(3)62-30-33-10-7-6-8-11-33)59-46(61)57(31-52-59)40-21-19-39(20-22-40)56-26-24-55(25-27-56)38-17-14-34(15-18-38)35-16-23-41(51-29-35)43(5-2)58-44(53-45(60)54-58)47(49,50)36-12-9-13-37(48)28-36/h6-23,28-29,31-32,42-43H,4-5,24-27,30H2,1-3H3,(H,54,60)/t32-,42-,43?/m0/s1. The molecule has 1 aliphatic heterocycles. The molecular weight excluding hydrogens is 796 g/mol. The zero-order valence-corrected chi connectivity index (χ0v) is 34.7. The molecule has 0 aliphatic carbocycles. The number of aromatic amines is 1. The highest BCUT2D eigenvalue weighted by molar-refractivity contribution is 5.66. The van der Waals surface area contributed by atoms with Gasteiger partial charge < -0.3 is 14.5 Å². The smallest absolute Gasteiger partial charge is 0.361 e. The minimum Gasteiger partial charge on any atom is -0.372 e. The summed E-state index contributed by atoms with van der Waals surface area (Å²) in [6.45, 7) is 9.56. The summed E-state index contributed by atoms with van der Waals surface area (Å²) >= 11 is 0. The number of ether oxygens (including phenoxy) is 1. The molecule has 0 spiro atoms. The van der Waals surface area contributed by atoms with Gasteiger partial charge in [-0.1, -0.05) is 74.5 Å². The van der Waals surface area contributed by atoms with E-state index in [0.717, 1.165) is 82.8 Å². The molecular formula is C47H48F3N9O3. The highest BCUT2D eigenvalue weighted by Crippen LogP contribution is 2.37. The number of pyridine rings is 1. The second-order valence-electron chi connectivity index (χ2n) is 15.4. The Hall–Kier alpha value is -6.74. The van der Waals surface area contributed by atoms with Crippen molar-refractivity contribution in [2.75, 3.05) is 36.0 Å². The maximum Gasteiger partial charge on any atom is 0.361 e. The summed E-state index contributed by atoms with van der Waals surface area (Å²) in [4.78, 5) is 38.7. The molecule has 0 radical (unpaired) electrons. The number of hydrogen-bond donors (Lipinski definition) is 1. The Morgan fingerprint density at radius 2 is 1.42 bits per heavy atom. The molecule has 4 heterocycles. The largest absolute Gasteiger partial charge is 0.372 e. The molecule has 0 saturated carbocycles. The number of nitrogens with one attached hydrogen (secondary N) is 1. The Morgan fingerprint density at radius 1 is 0.774 bits per heavy atom. The number of alkyl halides is 2. The van der Waals surface area contributed by atoms with Crippen molar-refractivity contribution in [1.29, 1.82) is 0 Å². The van der Waals surface area contributed by atoms with Crippen molar-refractivity contribution in [3.63, 3.8) is 0 Å². The zero-order valence-electron chi connectivity index (χ0n) is 34.7. The molecule has 1 aliphatic rings. The van der Waals surface area contributed by atoms with Crippen LogP contribution in [0.3, 0.4) is 0 Å². The second kappa shape index (κ2) is 18.1. The van der Waals surface area contributed by atoms with Crippen LogP contribution in [0.5, 0.6) is 0 Å². The molecule has 15 heteroatoms. The summed E-state index contributed by atoms with van der Waals surface area (Å²) < 4.78 is 55.4. The van der Waals surface area contributed by atoms with E-state index in [9.17, 15) is 14.0 Å². The minimum absolute atomic E-state index is 0.203. The quantitative estimate of drug-likeness (QED) is 0.110. The Balaban J connectivity index is 0.876. The first-order valence-electron chi connectivity index (χ1n) is 20.8. The number of rotatable bonds is 15. The molecule has 8 rings (SSSR count). The van der Waals surface area contributed by atoms with Crippen LogP contribution in [0.25, 0.3) is 16.8 Å². The van der Waals surface area contributed by atoms with E-state index < -0.39 is 34.9 Å². The number of hydrogen-bond acceptors (Lipinski definition) is 8. The van der Waals surface area contributed by atoms with Gasteiger partial charge in [-0.3, -0.25) is 9.67 Å². The SMILES string of the molecule is CCC(c1ccc(-c2ccc(N3CCN(c4ccc(-n5cnn([C@@H](CC)[C@H](C)OCc6ccccc6)c5=O)cc4)CC3)cc2)cn1)n1[nH]c(=O)nc1C(F)(F)c1cccc(F)c1. The first kappa shape index (κ1) is 42.0. The third kappa shape index (κ3) is 8.71. The molecule has 62 heavy (non-hydrogen) atoms. The van der Waals surface area contributed by atoms with Gasteiger partial charge in [0.2, 0.25) is 5.82 Å². The van der Waals surface area contributed by atoms with Gasteiger partial charge in [-0.2, -0.15) is 18.9 Å². The monoisotopic (exact) mass is 843 g/mol. The van der Waals surface area contributed by atoms with Gasteiger partial charge in [-0.05, 0) is 85.5 Å². The van der Waals surface area contributed by atoms with Crippen LogP contribution in [0, 0.1) is 5.82 Å². The Morgan fingerprint density at radius 3 is 2.03 bits per heavy atom. The summed E-state index contributed by atoms with van der Waals surface area (Å²) in [7, 11) is 0. The fourth-order valence-electron chi connectivity index (χ4n) is 8.14. The first-order chi connectivity index (χ1) is 30.0. The van der Waals surface area contributed by atoms with Crippen molar-refractivity contribution in [3.05, 3.63) is 177 Å². The topological polar surface area (TPSA) is 119 Å². The number of halogens is 3. The number of piperazine rings is 1. The average molecular weight is 844 g/mol. The van der Waals surface area contributed by atoms with Crippen molar-refractivity contribution >= 4 is 11.4 Å². The normalized spacial score (nSPS) is 14.8. The van der Waals surface area contributed by atoms with Crippen molar-refractivity contribution in [2.24, 2.45) is 0 Å². The summed E-state index contributed by atoms with van der Waals surface area (Å²) in [5.74, 6) is -5.36. The van der Waals surface area contributed by atoms with Gasteiger partial charge in [0, 0.05) is 54.9 Å². The van der Waals surface area contributed by atoms with Gasteiger partial charge in [0.1, 0.15) is 12.1 Å². The third-order valence-corrected chi connectivity index (χ3v) is 11.6. The van der Waals surface area contributed by atoms with Crippen LogP contribution < -0.4 is 21.2 Å². The average Bonchev–Trinajstić information content (AvgIpc) is 3.89. The van der Waals surface area contributed by atoms with E-state index in [1.54, 1.807) is 30.1 Å². The lowest BCUT2D eigenvalue weighted by atomic mass is 10.0. The van der Waals surface area contributed by atoms with Crippen LogP contribution in [0.15, 0.2) is 137 Å². The van der Waals surface area contributed by atoms with Crippen molar-refractivity contribution < 1.29 is 17.9 Å². The Kier molecular flexibility index (Phi) is 12.2. The predicted molar refractivity (Wildman–Crippen MR) is 233 cm³/mol. The van der Waals surface area contributed by atoms with E-state index in [0.29, 0.717) is 25.1 Å². The number of anilines is 2. The Bertz CT molecular complexity index is 2690. The molecule has 1 fully saturated rings. The van der Waals surface area contributed by atoms with E-state index in [1.165, 1.54) is 10.7 Å². The van der Waals surface area contributed by atoms with Gasteiger partial charge in [0.25, 0.3) is 0 Å². The summed E-state index contributed by atoms with van der Waals surface area (Å²) in [5.41, 5.74) is 4.50. The molecule has 0 bridgehead atoms. The van der Waals surface area contributed by atoms with Crippen LogP contribution in [-0.4, -0.2) is 66.4 Å². The predicted octanol–water partition coefficient (Wildman–Crippen LogP) is 8.14. The van der Waals surface area contributed by atoms with E-state index in [2.05, 4.69) is 42.1 Å². The van der Waals surface area contributed by atoms with E-state index in [1.807, 2.05) is 86.6 Å². The van der Waals surface area contributed by atoms with Crippen LogP contribution in [0.4, 0.5) is 24.5 Å². The molecule has 1 saturated heterocycles. The number of aromatic nitrogens is 7. The van der Waals surface area contributed by atoms with E-state index in [-0.39, 0.29) is 17.8 Å². The summed E-state index contributed by atoms with van der Waals surface area (Å²) in [5, 5.41) is 6.90. The summed E-state index contributed by atoms with van der Waals surface area (Å²) in [6.07, 6.45) is 4.08. The molecule has 3 atom stereocenters. The third-order valence-electron chi connectivity index (χ3n) is 11.6. The molecule has 1 N–H and O–H groups in total. The first-order valence-corrected chi connectivity index (χ1v) is 20.8. The van der Waals surface area contributed by atoms with Gasteiger partial charge in [-0.15, -0.1) is 0 Å². The summed E-state index contributed by atoms with van der Waals surface area (Å²) in [6, 6.07) is 33.0. The lowest BCUT2D eigenvalue weighted by Crippen LogP contribution is -2.46. The molecule has 3 aromatic heterocycles. The van der Waals surface area contributed by atoms with E-state index in [4.69, 9.17) is 4.74 Å². The molecule has 7 aromatic rings. The van der Waals surface area contributed by atoms with Gasteiger partial charge in [-0.25, -0.2) is 28.3 Å². The van der Waals surface area contributed by atoms with Crippen molar-refractivity contribution in [2.45, 2.75) is 64.3 Å². The maximum absolute atomic E-state index is 15.6. The fourth-order valence-corrected chi connectivity index (χ4v) is 8.14. The van der Waals surface area contributed by atoms with Crippen LogP contribution >= 0.6 is 0 Å². The van der Waals surface area contributed by atoms with Crippen LogP contribution in [0.1, 0.15) is 68.3 Å². The molecule has 4 aromatic carbocycles. The lowest BCUT2D eigenvalue weighted by Gasteiger charge is -2.37. The highest BCUT2D eigenvalue weighted by atomic mass is 19.3. The second-order valence-corrected chi connectivity index (χ2v) is 15.4. The van der Waals surface area contributed by atoms with Crippen LogP contribution in [-0.2, 0) is 17.3 Å². The lowest BCUT2D eigenvalue weighted by molar-refractivity contribution is 0.0117. The highest BCUT2D eigenvalue weighted by Gasteiger charge is 2.41. The molecule has 320 valence electrons. The van der Waals surface area contributed by atoms with E-state index >= 15 is 8.78 Å². The fraction of sp³-hybridized carbons (Fsp3) is 0.298. The van der Waals surface area contributed by atoms with Gasteiger partial charge >= 0.3 is 17.3 Å². The minimum atomic E-state index is -3.73. The number of H-pyrrole nitrogens is 1. The van der Waals surface area contributed by atoms with Gasteiger partial charge in [0.15, 0.2) is 0 Å². The van der Waals surface area contributed by atoms with Crippen LogP contribution in [0.2, 0.25) is 0 Å². The number of nitrogens with zero attached hydrogens (tertiary/aromatic N) is 8. The molecule has 0 amide bonds. The van der Waals surface area contributed by atoms with Gasteiger partial charge in [0.05, 0.1) is 36.2 Å². The molecule has 12 nitrogen and oxygen atoms in total. The maximum atomic E-state index is 15.6. The zero-order chi connectivity index (χ0) is 43.4.